The lowest BCUT2D eigenvalue weighted by Gasteiger charge is -2.36. The molecule has 0 atom stereocenters. The van der Waals surface area contributed by atoms with E-state index >= 15 is 0 Å². The van der Waals surface area contributed by atoms with Crippen molar-refractivity contribution in [2.75, 3.05) is 39.2 Å². The van der Waals surface area contributed by atoms with Gasteiger partial charge in [0.1, 0.15) is 17.3 Å². The van der Waals surface area contributed by atoms with E-state index in [-0.39, 0.29) is 11.7 Å². The minimum absolute atomic E-state index is 0.142. The summed E-state index contributed by atoms with van der Waals surface area (Å²) in [6.07, 6.45) is 1.79. The van der Waals surface area contributed by atoms with Gasteiger partial charge < -0.3 is 14.5 Å². The SMILES string of the molecule is COc1ccc(C2=C(N(C)C3CCN(C)CC3)C(=O)N(c3cccc(F)c3)C2=O)cc1. The second-order valence-electron chi connectivity index (χ2n) is 8.02. The first kappa shape index (κ1) is 21.1. The van der Waals surface area contributed by atoms with Gasteiger partial charge >= 0.3 is 0 Å². The van der Waals surface area contributed by atoms with Gasteiger partial charge in [0.2, 0.25) is 0 Å². The molecule has 2 amide bonds. The van der Waals surface area contributed by atoms with E-state index in [1.165, 1.54) is 18.2 Å². The Morgan fingerprint density at radius 2 is 1.71 bits per heavy atom. The van der Waals surface area contributed by atoms with Gasteiger partial charge in [-0.25, -0.2) is 9.29 Å². The number of methoxy groups -OCH3 is 1. The van der Waals surface area contributed by atoms with Crippen LogP contribution >= 0.6 is 0 Å². The number of piperidine rings is 1. The van der Waals surface area contributed by atoms with Crippen LogP contribution in [0.1, 0.15) is 18.4 Å². The molecule has 0 radical (unpaired) electrons. The lowest BCUT2D eigenvalue weighted by Crippen LogP contribution is -2.43. The van der Waals surface area contributed by atoms with Gasteiger partial charge in [0, 0.05) is 13.1 Å². The number of hydrogen-bond acceptors (Lipinski definition) is 5. The van der Waals surface area contributed by atoms with E-state index < -0.39 is 17.6 Å². The average molecular weight is 423 g/mol. The van der Waals surface area contributed by atoms with Crippen molar-refractivity contribution < 1.29 is 18.7 Å². The maximum atomic E-state index is 13.9. The predicted octanol–water partition coefficient (Wildman–Crippen LogP) is 3.14. The van der Waals surface area contributed by atoms with E-state index in [9.17, 15) is 14.0 Å². The minimum atomic E-state index is -0.499. The molecule has 2 aromatic carbocycles. The number of likely N-dealkylation sites (tertiary alicyclic amines) is 1. The van der Waals surface area contributed by atoms with Gasteiger partial charge in [-0.1, -0.05) is 18.2 Å². The molecule has 31 heavy (non-hydrogen) atoms. The van der Waals surface area contributed by atoms with Crippen molar-refractivity contribution in [1.29, 1.82) is 0 Å². The second-order valence-corrected chi connectivity index (χ2v) is 8.02. The number of anilines is 1. The van der Waals surface area contributed by atoms with Crippen LogP contribution in [0, 0.1) is 5.82 Å². The van der Waals surface area contributed by atoms with Gasteiger partial charge in [0.05, 0.1) is 18.4 Å². The van der Waals surface area contributed by atoms with Crippen molar-refractivity contribution >= 4 is 23.1 Å². The minimum Gasteiger partial charge on any atom is -0.497 e. The molecule has 2 aliphatic rings. The Morgan fingerprint density at radius 3 is 2.32 bits per heavy atom. The van der Waals surface area contributed by atoms with Crippen molar-refractivity contribution in [2.24, 2.45) is 0 Å². The van der Waals surface area contributed by atoms with E-state index in [0.717, 1.165) is 30.8 Å². The van der Waals surface area contributed by atoms with Crippen LogP contribution in [0.15, 0.2) is 54.2 Å². The van der Waals surface area contributed by atoms with E-state index in [1.54, 1.807) is 37.4 Å². The number of likely N-dealkylation sites (N-methyl/N-ethyl adjacent to an activating group) is 1. The summed E-state index contributed by atoms with van der Waals surface area (Å²) in [5.74, 6) is -0.715. The fourth-order valence-corrected chi connectivity index (χ4v) is 4.28. The largest absolute Gasteiger partial charge is 0.497 e. The standard InChI is InChI=1S/C24H26FN3O3/c1-26-13-11-18(12-14-26)27(2)22-21(16-7-9-20(31-3)10-8-16)23(29)28(24(22)30)19-6-4-5-17(25)15-19/h4-10,15,18H,11-14H2,1-3H3. The highest BCUT2D eigenvalue weighted by molar-refractivity contribution is 6.45. The number of halogens is 1. The number of carbonyl (C=O) groups is 2. The maximum absolute atomic E-state index is 13.9. The van der Waals surface area contributed by atoms with Gasteiger partial charge in [0.15, 0.2) is 0 Å². The van der Waals surface area contributed by atoms with Crippen LogP contribution in [0.5, 0.6) is 5.75 Å². The molecular formula is C24H26FN3O3. The Bertz CT molecular complexity index is 1030. The number of ether oxygens (including phenoxy) is 1. The molecule has 0 spiro atoms. The van der Waals surface area contributed by atoms with Crippen LogP contribution in [-0.2, 0) is 9.59 Å². The highest BCUT2D eigenvalue weighted by Gasteiger charge is 2.43. The summed E-state index contributed by atoms with van der Waals surface area (Å²) in [4.78, 5) is 32.3. The topological polar surface area (TPSA) is 53.1 Å². The smallest absolute Gasteiger partial charge is 0.282 e. The molecule has 1 saturated heterocycles. The molecule has 0 unspecified atom stereocenters. The molecule has 162 valence electrons. The second kappa shape index (κ2) is 8.51. The number of amides is 2. The summed E-state index contributed by atoms with van der Waals surface area (Å²) < 4.78 is 19.1. The van der Waals surface area contributed by atoms with Crippen LogP contribution in [0.3, 0.4) is 0 Å². The van der Waals surface area contributed by atoms with Gasteiger partial charge in [0.25, 0.3) is 11.8 Å². The van der Waals surface area contributed by atoms with E-state index in [0.29, 0.717) is 22.6 Å². The molecule has 2 aliphatic heterocycles. The van der Waals surface area contributed by atoms with Crippen molar-refractivity contribution in [3.63, 3.8) is 0 Å². The Labute approximate surface area is 181 Å². The quantitative estimate of drug-likeness (QED) is 0.692. The first-order chi connectivity index (χ1) is 14.9. The van der Waals surface area contributed by atoms with Crippen molar-refractivity contribution in [1.82, 2.24) is 9.80 Å². The average Bonchev–Trinajstić information content (AvgIpc) is 3.03. The molecule has 0 saturated carbocycles. The van der Waals surface area contributed by atoms with E-state index in [4.69, 9.17) is 4.74 Å². The molecule has 0 aromatic heterocycles. The third kappa shape index (κ3) is 3.93. The van der Waals surface area contributed by atoms with E-state index in [1.807, 2.05) is 11.9 Å². The third-order valence-electron chi connectivity index (χ3n) is 6.09. The van der Waals surface area contributed by atoms with Crippen LogP contribution in [0.4, 0.5) is 10.1 Å². The molecule has 6 nitrogen and oxygen atoms in total. The summed E-state index contributed by atoms with van der Waals surface area (Å²) in [6.45, 7) is 1.85. The lowest BCUT2D eigenvalue weighted by atomic mass is 10.00. The van der Waals surface area contributed by atoms with Crippen LogP contribution in [0.2, 0.25) is 0 Å². The number of nitrogens with zero attached hydrogens (tertiary/aromatic N) is 3. The Balaban J connectivity index is 1.78. The zero-order valence-electron chi connectivity index (χ0n) is 18.0. The Morgan fingerprint density at radius 1 is 1.03 bits per heavy atom. The predicted molar refractivity (Wildman–Crippen MR) is 117 cm³/mol. The normalized spacial score (nSPS) is 18.1. The number of rotatable bonds is 5. The number of benzene rings is 2. The Hall–Kier alpha value is -3.19. The summed E-state index contributed by atoms with van der Waals surface area (Å²) >= 11 is 0. The first-order valence-electron chi connectivity index (χ1n) is 10.3. The van der Waals surface area contributed by atoms with Crippen molar-refractivity contribution in [2.45, 2.75) is 18.9 Å². The Kier molecular flexibility index (Phi) is 5.78. The fraction of sp³-hybridized carbons (Fsp3) is 0.333. The molecule has 7 heteroatoms. The summed E-state index contributed by atoms with van der Waals surface area (Å²) in [5, 5.41) is 0. The molecule has 1 fully saturated rings. The van der Waals surface area contributed by atoms with E-state index in [2.05, 4.69) is 11.9 Å². The fourth-order valence-electron chi connectivity index (χ4n) is 4.28. The molecule has 4 rings (SSSR count). The maximum Gasteiger partial charge on any atom is 0.282 e. The number of carbonyl (C=O) groups excluding carboxylic acids is 2. The third-order valence-corrected chi connectivity index (χ3v) is 6.09. The monoisotopic (exact) mass is 423 g/mol. The zero-order valence-corrected chi connectivity index (χ0v) is 18.0. The highest BCUT2D eigenvalue weighted by Crippen LogP contribution is 2.36. The van der Waals surface area contributed by atoms with Crippen LogP contribution in [0.25, 0.3) is 5.57 Å². The molecular weight excluding hydrogens is 397 g/mol. The highest BCUT2D eigenvalue weighted by atomic mass is 19.1. The molecule has 0 N–H and O–H groups in total. The van der Waals surface area contributed by atoms with Gasteiger partial charge in [-0.3, -0.25) is 9.59 Å². The number of imide groups is 1. The van der Waals surface area contributed by atoms with Crippen LogP contribution < -0.4 is 9.64 Å². The summed E-state index contributed by atoms with van der Waals surface area (Å²) in [5.41, 5.74) is 1.55. The van der Waals surface area contributed by atoms with Crippen LogP contribution in [-0.4, -0.2) is 62.0 Å². The summed E-state index contributed by atoms with van der Waals surface area (Å²) in [7, 11) is 5.52. The molecule has 0 aliphatic carbocycles. The van der Waals surface area contributed by atoms with Gasteiger partial charge in [-0.05, 0) is 68.9 Å². The first-order valence-corrected chi connectivity index (χ1v) is 10.3. The zero-order chi connectivity index (χ0) is 22.1. The van der Waals surface area contributed by atoms with Gasteiger partial charge in [-0.15, -0.1) is 0 Å². The molecule has 0 bridgehead atoms. The van der Waals surface area contributed by atoms with Gasteiger partial charge in [-0.2, -0.15) is 0 Å². The van der Waals surface area contributed by atoms with Crippen molar-refractivity contribution in [3.05, 3.63) is 65.6 Å². The number of hydrogen-bond donors (Lipinski definition) is 0. The molecule has 2 aromatic rings. The van der Waals surface area contributed by atoms with Crippen molar-refractivity contribution in [3.8, 4) is 5.75 Å². The molecule has 2 heterocycles. The summed E-state index contributed by atoms with van der Waals surface area (Å²) in [6, 6.07) is 12.8. The lowest BCUT2D eigenvalue weighted by molar-refractivity contribution is -0.120.